The SMILES string of the molecule is Cc1ccc(-c2ncccn2)c(C(=O)N2C3CCC2C(Cc2ncc(C(F)(F)F)cc2Cl)C3)n1. The highest BCUT2D eigenvalue weighted by Gasteiger charge is 2.49. The maximum Gasteiger partial charge on any atom is 0.417 e. The van der Waals surface area contributed by atoms with E-state index in [0.29, 0.717) is 34.9 Å². The smallest absolute Gasteiger partial charge is 0.331 e. The Morgan fingerprint density at radius 3 is 2.65 bits per heavy atom. The van der Waals surface area contributed by atoms with Crippen molar-refractivity contribution in [2.24, 2.45) is 5.92 Å². The van der Waals surface area contributed by atoms with Gasteiger partial charge in [-0.25, -0.2) is 15.0 Å². The maximum absolute atomic E-state index is 13.7. The maximum atomic E-state index is 13.7. The first kappa shape index (κ1) is 22.7. The fraction of sp³-hybridized carbons (Fsp3) is 0.375. The average molecular weight is 488 g/mol. The molecule has 0 aliphatic carbocycles. The lowest BCUT2D eigenvalue weighted by atomic mass is 9.86. The highest BCUT2D eigenvalue weighted by Crippen LogP contribution is 2.44. The summed E-state index contributed by atoms with van der Waals surface area (Å²) < 4.78 is 38.9. The van der Waals surface area contributed by atoms with Crippen LogP contribution >= 0.6 is 11.6 Å². The number of aryl methyl sites for hydroxylation is 1. The molecule has 3 atom stereocenters. The molecule has 10 heteroatoms. The van der Waals surface area contributed by atoms with E-state index in [4.69, 9.17) is 11.6 Å². The number of carbonyl (C=O) groups excluding carboxylic acids is 1. The van der Waals surface area contributed by atoms with E-state index in [-0.39, 0.29) is 28.9 Å². The first-order valence-electron chi connectivity index (χ1n) is 11.0. The molecule has 176 valence electrons. The molecule has 3 unspecified atom stereocenters. The first-order chi connectivity index (χ1) is 16.2. The molecular formula is C24H21ClF3N5O. The van der Waals surface area contributed by atoms with Crippen LogP contribution in [0.25, 0.3) is 11.4 Å². The zero-order chi connectivity index (χ0) is 24.0. The van der Waals surface area contributed by atoms with Crippen molar-refractivity contribution in [2.75, 3.05) is 0 Å². The van der Waals surface area contributed by atoms with Crippen LogP contribution in [0.2, 0.25) is 5.02 Å². The molecule has 3 aromatic heterocycles. The van der Waals surface area contributed by atoms with E-state index in [2.05, 4.69) is 19.9 Å². The molecule has 5 rings (SSSR count). The number of pyridine rings is 2. The van der Waals surface area contributed by atoms with Crippen molar-refractivity contribution >= 4 is 17.5 Å². The summed E-state index contributed by atoms with van der Waals surface area (Å²) in [6, 6.07) is 6.25. The van der Waals surface area contributed by atoms with Gasteiger partial charge in [0.05, 0.1) is 21.8 Å². The van der Waals surface area contributed by atoms with Gasteiger partial charge in [-0.3, -0.25) is 9.78 Å². The van der Waals surface area contributed by atoms with Gasteiger partial charge in [-0.15, -0.1) is 0 Å². The number of hydrogen-bond acceptors (Lipinski definition) is 5. The summed E-state index contributed by atoms with van der Waals surface area (Å²) in [5.41, 5.74) is 1.16. The number of alkyl halides is 3. The Labute approximate surface area is 199 Å². The molecule has 0 spiro atoms. The summed E-state index contributed by atoms with van der Waals surface area (Å²) in [4.78, 5) is 32.7. The van der Waals surface area contributed by atoms with E-state index < -0.39 is 11.7 Å². The predicted molar refractivity (Wildman–Crippen MR) is 119 cm³/mol. The Morgan fingerprint density at radius 1 is 1.18 bits per heavy atom. The van der Waals surface area contributed by atoms with E-state index in [0.717, 1.165) is 31.5 Å². The van der Waals surface area contributed by atoms with Gasteiger partial charge in [0.2, 0.25) is 0 Å². The molecular weight excluding hydrogens is 467 g/mol. The molecule has 3 aromatic rings. The fourth-order valence-electron chi connectivity index (χ4n) is 5.13. The molecule has 0 aromatic carbocycles. The van der Waals surface area contributed by atoms with Gasteiger partial charge in [0.1, 0.15) is 5.69 Å². The molecule has 34 heavy (non-hydrogen) atoms. The number of hydrogen-bond donors (Lipinski definition) is 0. The molecule has 0 saturated carbocycles. The summed E-state index contributed by atoms with van der Waals surface area (Å²) in [5, 5.41) is -0.000613. The van der Waals surface area contributed by atoms with Crippen molar-refractivity contribution < 1.29 is 18.0 Å². The van der Waals surface area contributed by atoms with Gasteiger partial charge < -0.3 is 4.90 Å². The average Bonchev–Trinajstić information content (AvgIpc) is 3.37. The third-order valence-electron chi connectivity index (χ3n) is 6.64. The van der Waals surface area contributed by atoms with Gasteiger partial charge in [-0.1, -0.05) is 11.6 Å². The lowest BCUT2D eigenvalue weighted by molar-refractivity contribution is -0.137. The minimum Gasteiger partial charge on any atom is -0.331 e. The molecule has 0 N–H and O–H groups in total. The monoisotopic (exact) mass is 487 g/mol. The van der Waals surface area contributed by atoms with E-state index in [1.807, 2.05) is 24.0 Å². The van der Waals surface area contributed by atoms with Crippen molar-refractivity contribution in [3.05, 3.63) is 70.5 Å². The highest BCUT2D eigenvalue weighted by molar-refractivity contribution is 6.31. The third kappa shape index (κ3) is 4.13. The molecule has 2 fully saturated rings. The quantitative estimate of drug-likeness (QED) is 0.509. The van der Waals surface area contributed by atoms with E-state index in [9.17, 15) is 18.0 Å². The van der Waals surface area contributed by atoms with Gasteiger partial charge >= 0.3 is 6.18 Å². The number of halogens is 4. The van der Waals surface area contributed by atoms with Crippen LogP contribution in [0.3, 0.4) is 0 Å². The summed E-state index contributed by atoms with van der Waals surface area (Å²) in [6.45, 7) is 1.83. The Hall–Kier alpha value is -3.07. The largest absolute Gasteiger partial charge is 0.417 e. The highest BCUT2D eigenvalue weighted by atomic mass is 35.5. The number of aromatic nitrogens is 4. The second-order valence-electron chi connectivity index (χ2n) is 8.78. The van der Waals surface area contributed by atoms with Gasteiger partial charge in [-0.2, -0.15) is 13.2 Å². The van der Waals surface area contributed by atoms with Crippen LogP contribution in [0.1, 0.15) is 46.7 Å². The van der Waals surface area contributed by atoms with Crippen molar-refractivity contribution in [1.29, 1.82) is 0 Å². The molecule has 2 saturated heterocycles. The van der Waals surface area contributed by atoms with Crippen LogP contribution in [0.5, 0.6) is 0 Å². The predicted octanol–water partition coefficient (Wildman–Crippen LogP) is 5.15. The molecule has 5 heterocycles. The zero-order valence-corrected chi connectivity index (χ0v) is 19.0. The number of rotatable bonds is 4. The van der Waals surface area contributed by atoms with Crippen LogP contribution in [0.15, 0.2) is 42.9 Å². The standard InChI is InChI=1S/C24H21ClF3N5O/c1-13-3-5-17(22-29-7-2-8-30-22)21(32-13)23(34)33-16-4-6-20(33)14(9-16)10-19-18(25)11-15(12-31-19)24(26,27)28/h2-3,5,7-8,11-12,14,16,20H,4,6,9-10H2,1H3. The summed E-state index contributed by atoms with van der Waals surface area (Å²) in [6.07, 6.45) is 2.42. The second kappa shape index (κ2) is 8.61. The summed E-state index contributed by atoms with van der Waals surface area (Å²) >= 11 is 6.15. The number of fused-ring (bicyclic) bond motifs is 2. The fourth-order valence-corrected chi connectivity index (χ4v) is 5.37. The lowest BCUT2D eigenvalue weighted by Gasteiger charge is -2.25. The normalized spacial score (nSPS) is 21.8. The molecule has 2 bridgehead atoms. The Balaban J connectivity index is 1.40. The topological polar surface area (TPSA) is 71.9 Å². The minimum atomic E-state index is -4.49. The van der Waals surface area contributed by atoms with Crippen LogP contribution < -0.4 is 0 Å². The van der Waals surface area contributed by atoms with Crippen LogP contribution in [-0.2, 0) is 12.6 Å². The van der Waals surface area contributed by atoms with Crippen molar-refractivity contribution in [2.45, 2.75) is 50.9 Å². The van der Waals surface area contributed by atoms with Gasteiger partial charge in [-0.05, 0) is 62.8 Å². The molecule has 1 amide bonds. The van der Waals surface area contributed by atoms with E-state index >= 15 is 0 Å². The Bertz CT molecular complexity index is 1240. The van der Waals surface area contributed by atoms with Crippen LogP contribution in [-0.4, -0.2) is 42.8 Å². The van der Waals surface area contributed by atoms with Gasteiger partial charge in [0.15, 0.2) is 5.82 Å². The second-order valence-corrected chi connectivity index (χ2v) is 9.19. The molecule has 2 aliphatic heterocycles. The number of amides is 1. The van der Waals surface area contributed by atoms with Crippen molar-refractivity contribution in [3.63, 3.8) is 0 Å². The van der Waals surface area contributed by atoms with E-state index in [1.165, 1.54) is 0 Å². The van der Waals surface area contributed by atoms with Gasteiger partial charge in [0.25, 0.3) is 5.91 Å². The third-order valence-corrected chi connectivity index (χ3v) is 6.97. The zero-order valence-electron chi connectivity index (χ0n) is 18.3. The summed E-state index contributed by atoms with van der Waals surface area (Å²) in [7, 11) is 0. The van der Waals surface area contributed by atoms with Crippen LogP contribution in [0.4, 0.5) is 13.2 Å². The molecule has 2 aliphatic rings. The van der Waals surface area contributed by atoms with Crippen molar-refractivity contribution in [3.8, 4) is 11.4 Å². The van der Waals surface area contributed by atoms with E-state index in [1.54, 1.807) is 18.5 Å². The first-order valence-corrected chi connectivity index (χ1v) is 11.4. The molecule has 6 nitrogen and oxygen atoms in total. The minimum absolute atomic E-state index is 0.000613. The number of nitrogens with zero attached hydrogens (tertiary/aromatic N) is 5. The van der Waals surface area contributed by atoms with Gasteiger partial charge in [0, 0.05) is 36.4 Å². The lowest BCUT2D eigenvalue weighted by Crippen LogP contribution is -2.37. The van der Waals surface area contributed by atoms with Crippen LogP contribution in [0, 0.1) is 12.8 Å². The Morgan fingerprint density at radius 2 is 1.94 bits per heavy atom. The summed E-state index contributed by atoms with van der Waals surface area (Å²) in [5.74, 6) is 0.320. The van der Waals surface area contributed by atoms with Crippen molar-refractivity contribution in [1.82, 2.24) is 24.8 Å². The molecule has 0 radical (unpaired) electrons. The number of carbonyl (C=O) groups is 1. The Kier molecular flexibility index (Phi) is 5.75.